The molecule has 0 spiro atoms. The third kappa shape index (κ3) is 1.36. The molecule has 14 heavy (non-hydrogen) atoms. The van der Waals surface area contributed by atoms with Crippen LogP contribution in [0, 0.1) is 6.92 Å². The highest BCUT2D eigenvalue weighted by atomic mass is 16.3. The molecule has 0 unspecified atom stereocenters. The average Bonchev–Trinajstić information content (AvgIpc) is 2.20. The van der Waals surface area contributed by atoms with E-state index < -0.39 is 30.5 Å². The first-order valence-corrected chi connectivity index (χ1v) is 4.01. The molecular formula is C9H12O5. The summed E-state index contributed by atoms with van der Waals surface area (Å²) in [6.45, 7) is 0.527. The second-order valence-electron chi connectivity index (χ2n) is 2.94. The molecule has 0 fully saturated rings. The second-order valence-corrected chi connectivity index (χ2v) is 2.94. The zero-order valence-corrected chi connectivity index (χ0v) is 7.65. The van der Waals surface area contributed by atoms with Crippen LogP contribution in [0.15, 0.2) is 0 Å². The Morgan fingerprint density at radius 1 is 0.786 bits per heavy atom. The first-order chi connectivity index (χ1) is 6.54. The van der Waals surface area contributed by atoms with Gasteiger partial charge in [-0.05, 0) is 12.5 Å². The van der Waals surface area contributed by atoms with Gasteiger partial charge in [0.05, 0.1) is 13.2 Å². The number of aliphatic hydroxyl groups is 2. The van der Waals surface area contributed by atoms with E-state index in [4.69, 9.17) is 10.2 Å². The number of aromatic hydroxyl groups is 3. The number of hydrogen-bond acceptors (Lipinski definition) is 5. The van der Waals surface area contributed by atoms with E-state index in [2.05, 4.69) is 0 Å². The lowest BCUT2D eigenvalue weighted by Gasteiger charge is -2.14. The van der Waals surface area contributed by atoms with Crippen LogP contribution in [0.5, 0.6) is 17.2 Å². The van der Waals surface area contributed by atoms with Gasteiger partial charge in [-0.2, -0.15) is 0 Å². The number of aliphatic hydroxyl groups excluding tert-OH is 2. The second kappa shape index (κ2) is 3.73. The molecule has 78 valence electrons. The van der Waals surface area contributed by atoms with E-state index in [1.165, 1.54) is 6.92 Å². The van der Waals surface area contributed by atoms with E-state index in [9.17, 15) is 15.3 Å². The van der Waals surface area contributed by atoms with Gasteiger partial charge in [-0.3, -0.25) is 0 Å². The Morgan fingerprint density at radius 3 is 1.71 bits per heavy atom. The van der Waals surface area contributed by atoms with Crippen LogP contribution < -0.4 is 0 Å². The summed E-state index contributed by atoms with van der Waals surface area (Å²) in [4.78, 5) is 0. The van der Waals surface area contributed by atoms with Gasteiger partial charge in [-0.15, -0.1) is 0 Å². The van der Waals surface area contributed by atoms with Crippen molar-refractivity contribution >= 4 is 0 Å². The molecule has 0 aromatic heterocycles. The topological polar surface area (TPSA) is 101 Å². The minimum Gasteiger partial charge on any atom is -0.504 e. The molecule has 0 aliphatic heterocycles. The van der Waals surface area contributed by atoms with Crippen molar-refractivity contribution < 1.29 is 25.5 Å². The molecule has 1 aromatic carbocycles. The van der Waals surface area contributed by atoms with E-state index in [1.54, 1.807) is 0 Å². The summed E-state index contributed by atoms with van der Waals surface area (Å²) in [6, 6.07) is 0. The van der Waals surface area contributed by atoms with E-state index in [1.807, 2.05) is 0 Å². The highest BCUT2D eigenvalue weighted by Gasteiger charge is 2.19. The summed E-state index contributed by atoms with van der Waals surface area (Å²) in [7, 11) is 0. The van der Waals surface area contributed by atoms with Crippen molar-refractivity contribution in [3.8, 4) is 17.2 Å². The van der Waals surface area contributed by atoms with Crippen molar-refractivity contribution in [3.63, 3.8) is 0 Å². The maximum atomic E-state index is 9.33. The van der Waals surface area contributed by atoms with Gasteiger partial charge in [-0.1, -0.05) is 0 Å². The van der Waals surface area contributed by atoms with Crippen molar-refractivity contribution in [2.75, 3.05) is 0 Å². The third-order valence-electron chi connectivity index (χ3n) is 2.22. The summed E-state index contributed by atoms with van der Waals surface area (Å²) in [5.41, 5.74) is 0.493. The van der Waals surface area contributed by atoms with Gasteiger partial charge in [0.15, 0.2) is 11.5 Å². The monoisotopic (exact) mass is 200 g/mol. The molecule has 0 heterocycles. The molecule has 0 amide bonds. The van der Waals surface area contributed by atoms with E-state index >= 15 is 0 Å². The van der Waals surface area contributed by atoms with Crippen LogP contribution in [0.2, 0.25) is 0 Å². The Labute approximate surface area is 80.5 Å². The van der Waals surface area contributed by atoms with Gasteiger partial charge >= 0.3 is 0 Å². The Kier molecular flexibility index (Phi) is 2.83. The summed E-state index contributed by atoms with van der Waals surface area (Å²) in [5, 5.41) is 45.7. The third-order valence-corrected chi connectivity index (χ3v) is 2.22. The first kappa shape index (κ1) is 10.6. The number of phenols is 3. The number of benzene rings is 1. The maximum Gasteiger partial charge on any atom is 0.200 e. The fourth-order valence-corrected chi connectivity index (χ4v) is 1.33. The fraction of sp³-hybridized carbons (Fsp3) is 0.333. The van der Waals surface area contributed by atoms with Crippen molar-refractivity contribution in [1.82, 2.24) is 0 Å². The molecule has 0 radical (unpaired) electrons. The molecule has 0 atom stereocenters. The Morgan fingerprint density at radius 2 is 1.29 bits per heavy atom. The summed E-state index contributed by atoms with van der Waals surface area (Å²) in [6.07, 6.45) is 0. The first-order valence-electron chi connectivity index (χ1n) is 4.01. The summed E-state index contributed by atoms with van der Waals surface area (Å²) in [5.74, 6) is -1.76. The highest BCUT2D eigenvalue weighted by Crippen LogP contribution is 2.42. The lowest BCUT2D eigenvalue weighted by molar-refractivity contribution is 0.250. The molecule has 0 saturated carbocycles. The minimum atomic E-state index is -0.677. The maximum absolute atomic E-state index is 9.33. The standard InChI is InChI=1S/C9H12O5/c1-4-5(2-10)6(3-11)8(13)9(14)7(4)12/h10-14H,2-3H2,1H3. The van der Waals surface area contributed by atoms with E-state index in [0.717, 1.165) is 0 Å². The van der Waals surface area contributed by atoms with Crippen LogP contribution in [0.4, 0.5) is 0 Å². The largest absolute Gasteiger partial charge is 0.504 e. The molecule has 5 N–H and O–H groups in total. The lowest BCUT2D eigenvalue weighted by atomic mass is 10.00. The summed E-state index contributed by atoms with van der Waals surface area (Å²) < 4.78 is 0. The average molecular weight is 200 g/mol. The predicted octanol–water partition coefficient (Wildman–Crippen LogP) is 0.0964. The highest BCUT2D eigenvalue weighted by molar-refractivity contribution is 5.61. The van der Waals surface area contributed by atoms with Crippen molar-refractivity contribution in [1.29, 1.82) is 0 Å². The van der Waals surface area contributed by atoms with Gasteiger partial charge in [-0.25, -0.2) is 0 Å². The van der Waals surface area contributed by atoms with Gasteiger partial charge in [0.1, 0.15) is 0 Å². The van der Waals surface area contributed by atoms with Crippen molar-refractivity contribution in [2.45, 2.75) is 20.1 Å². The van der Waals surface area contributed by atoms with Crippen LogP contribution in [0.3, 0.4) is 0 Å². The van der Waals surface area contributed by atoms with Crippen LogP contribution in [-0.4, -0.2) is 25.5 Å². The van der Waals surface area contributed by atoms with E-state index in [0.29, 0.717) is 0 Å². The van der Waals surface area contributed by atoms with Gasteiger partial charge in [0, 0.05) is 11.1 Å². The molecule has 5 heteroatoms. The normalized spacial score (nSPS) is 10.5. The molecule has 0 saturated heterocycles. The van der Waals surface area contributed by atoms with Crippen molar-refractivity contribution in [3.05, 3.63) is 16.7 Å². The van der Waals surface area contributed by atoms with Crippen LogP contribution in [-0.2, 0) is 13.2 Å². The quantitative estimate of drug-likeness (QED) is 0.436. The van der Waals surface area contributed by atoms with Gasteiger partial charge < -0.3 is 25.5 Å². The number of phenolic OH excluding ortho intramolecular Hbond substituents is 2. The molecule has 1 rings (SSSR count). The van der Waals surface area contributed by atoms with Gasteiger partial charge in [0.25, 0.3) is 0 Å². The number of rotatable bonds is 2. The molecule has 0 aliphatic carbocycles. The van der Waals surface area contributed by atoms with Crippen LogP contribution >= 0.6 is 0 Å². The van der Waals surface area contributed by atoms with Crippen LogP contribution in [0.25, 0.3) is 0 Å². The zero-order valence-electron chi connectivity index (χ0n) is 7.65. The Hall–Kier alpha value is -1.46. The van der Waals surface area contributed by atoms with Crippen LogP contribution in [0.1, 0.15) is 16.7 Å². The van der Waals surface area contributed by atoms with Crippen molar-refractivity contribution in [2.24, 2.45) is 0 Å². The smallest absolute Gasteiger partial charge is 0.200 e. The summed E-state index contributed by atoms with van der Waals surface area (Å²) >= 11 is 0. The predicted molar refractivity (Wildman–Crippen MR) is 48.0 cm³/mol. The Bertz CT molecular complexity index is 324. The molecule has 1 aromatic rings. The van der Waals surface area contributed by atoms with E-state index in [-0.39, 0.29) is 16.7 Å². The Balaban J connectivity index is 3.57. The van der Waals surface area contributed by atoms with Gasteiger partial charge in [0.2, 0.25) is 5.75 Å². The fourth-order valence-electron chi connectivity index (χ4n) is 1.33. The molecular weight excluding hydrogens is 188 g/mol. The SMILES string of the molecule is Cc1c(O)c(O)c(O)c(CO)c1CO. The molecule has 0 aliphatic rings. The lowest BCUT2D eigenvalue weighted by Crippen LogP contribution is -1.99. The molecule has 5 nitrogen and oxygen atoms in total. The minimum absolute atomic E-state index is 0.0281. The zero-order chi connectivity index (χ0) is 10.9. The molecule has 0 bridgehead atoms. The number of hydrogen-bond donors (Lipinski definition) is 5.